The van der Waals surface area contributed by atoms with Gasteiger partial charge in [0.15, 0.2) is 0 Å². The molecule has 0 aliphatic carbocycles. The highest BCUT2D eigenvalue weighted by molar-refractivity contribution is 7.71. The second-order valence-electron chi connectivity index (χ2n) is 2.57. The first-order valence-corrected chi connectivity index (χ1v) is 4.08. The van der Waals surface area contributed by atoms with E-state index >= 15 is 0 Å². The highest BCUT2D eigenvalue weighted by atomic mass is 32.1. The van der Waals surface area contributed by atoms with Crippen LogP contribution in [0.2, 0.25) is 0 Å². The first kappa shape index (κ1) is 9.38. The fourth-order valence-electron chi connectivity index (χ4n) is 0.866. The Balaban J connectivity index is 2.64. The summed E-state index contributed by atoms with van der Waals surface area (Å²) in [6.45, 7) is 0.175. The molecule has 0 radical (unpaired) electrons. The van der Waals surface area contributed by atoms with Gasteiger partial charge >= 0.3 is 0 Å². The lowest BCUT2D eigenvalue weighted by atomic mass is 10.3. The van der Waals surface area contributed by atoms with Gasteiger partial charge in [0.1, 0.15) is 0 Å². The first-order valence-electron chi connectivity index (χ1n) is 3.67. The number of hydrogen-bond acceptors (Lipinski definition) is 3. The van der Waals surface area contributed by atoms with Gasteiger partial charge in [0.05, 0.1) is 19.3 Å². The van der Waals surface area contributed by atoms with Gasteiger partial charge in [0, 0.05) is 16.9 Å². The van der Waals surface area contributed by atoms with Gasteiger partial charge in [-0.15, -0.1) is 0 Å². The van der Waals surface area contributed by atoms with Gasteiger partial charge in [-0.1, -0.05) is 12.2 Å². The number of aliphatic hydroxyl groups excluding tert-OH is 2. The summed E-state index contributed by atoms with van der Waals surface area (Å²) in [6.07, 6.45) is 2.86. The molecule has 0 bridgehead atoms. The molecule has 12 heavy (non-hydrogen) atoms. The molecule has 2 N–H and O–H groups in total. The van der Waals surface area contributed by atoms with Gasteiger partial charge in [0.25, 0.3) is 0 Å². The maximum absolute atomic E-state index is 9.08. The van der Waals surface area contributed by atoms with Crippen LogP contribution in [-0.2, 0) is 6.54 Å². The number of nitrogens with zero attached hydrogens (tertiary/aromatic N) is 1. The highest BCUT2D eigenvalue weighted by Gasteiger charge is 2.00. The van der Waals surface area contributed by atoms with E-state index in [4.69, 9.17) is 22.4 Å². The van der Waals surface area contributed by atoms with Crippen LogP contribution in [0.5, 0.6) is 0 Å². The molecule has 66 valence electrons. The van der Waals surface area contributed by atoms with Crippen molar-refractivity contribution < 1.29 is 10.2 Å². The summed E-state index contributed by atoms with van der Waals surface area (Å²) in [4.78, 5) is 0. The minimum Gasteiger partial charge on any atom is -0.394 e. The molecule has 0 fully saturated rings. The second-order valence-corrected chi connectivity index (χ2v) is 3.04. The Labute approximate surface area is 75.9 Å². The molecule has 1 atom stereocenters. The molecule has 1 aromatic rings. The Hall–Kier alpha value is -0.710. The van der Waals surface area contributed by atoms with E-state index in [0.29, 0.717) is 6.54 Å². The molecule has 1 rings (SSSR count). The van der Waals surface area contributed by atoms with Crippen LogP contribution in [-0.4, -0.2) is 27.5 Å². The molecule has 0 saturated heterocycles. The van der Waals surface area contributed by atoms with Crippen molar-refractivity contribution in [3.05, 3.63) is 29.0 Å². The molecular formula is C8H11NO2S. The van der Waals surface area contributed by atoms with Gasteiger partial charge in [-0.2, -0.15) is 0 Å². The lowest BCUT2D eigenvalue weighted by molar-refractivity contribution is 0.0811. The highest BCUT2D eigenvalue weighted by Crippen LogP contribution is 1.94. The lowest BCUT2D eigenvalue weighted by Crippen LogP contribution is -2.19. The van der Waals surface area contributed by atoms with E-state index in [1.54, 1.807) is 29.1 Å². The van der Waals surface area contributed by atoms with Crippen LogP contribution < -0.4 is 0 Å². The molecule has 0 amide bonds. The zero-order chi connectivity index (χ0) is 8.97. The number of pyridine rings is 1. The Morgan fingerprint density at radius 2 is 2.00 bits per heavy atom. The summed E-state index contributed by atoms with van der Waals surface area (Å²) in [6, 6.07) is 3.55. The number of aromatic nitrogens is 1. The predicted molar refractivity (Wildman–Crippen MR) is 48.4 cm³/mol. The van der Waals surface area contributed by atoms with E-state index in [-0.39, 0.29) is 6.61 Å². The summed E-state index contributed by atoms with van der Waals surface area (Å²) in [5.74, 6) is 0. The zero-order valence-corrected chi connectivity index (χ0v) is 7.37. The Kier molecular flexibility index (Phi) is 3.40. The normalized spacial score (nSPS) is 12.8. The standard InChI is InChI=1S/C8H11NO2S/c10-6-7(11)5-9-3-1-8(12)2-4-9/h1-4,7,10-11H,5-6H2. The van der Waals surface area contributed by atoms with E-state index in [0.717, 1.165) is 4.51 Å². The molecule has 1 aromatic heterocycles. The quantitative estimate of drug-likeness (QED) is 0.677. The molecule has 3 nitrogen and oxygen atoms in total. The Bertz CT molecular complexity index is 277. The summed E-state index contributed by atoms with van der Waals surface area (Å²) in [5.41, 5.74) is 0. The summed E-state index contributed by atoms with van der Waals surface area (Å²) in [7, 11) is 0. The van der Waals surface area contributed by atoms with Gasteiger partial charge < -0.3 is 14.8 Å². The minimum absolute atomic E-state index is 0.220. The van der Waals surface area contributed by atoms with Crippen LogP contribution in [0.25, 0.3) is 0 Å². The lowest BCUT2D eigenvalue weighted by Gasteiger charge is -2.09. The number of rotatable bonds is 3. The Morgan fingerprint density at radius 1 is 1.42 bits per heavy atom. The maximum atomic E-state index is 9.08. The van der Waals surface area contributed by atoms with Gasteiger partial charge in [-0.05, 0) is 12.1 Å². The van der Waals surface area contributed by atoms with Crippen molar-refractivity contribution in [3.8, 4) is 0 Å². The van der Waals surface area contributed by atoms with E-state index in [1.165, 1.54) is 0 Å². The van der Waals surface area contributed by atoms with E-state index in [9.17, 15) is 0 Å². The van der Waals surface area contributed by atoms with Crippen molar-refractivity contribution in [3.63, 3.8) is 0 Å². The van der Waals surface area contributed by atoms with Gasteiger partial charge in [0.2, 0.25) is 0 Å². The third kappa shape index (κ3) is 2.73. The van der Waals surface area contributed by atoms with E-state index in [1.807, 2.05) is 0 Å². The first-order chi connectivity index (χ1) is 5.72. The smallest absolute Gasteiger partial charge is 0.0949 e. The van der Waals surface area contributed by atoms with Gasteiger partial charge in [-0.3, -0.25) is 0 Å². The molecular weight excluding hydrogens is 174 g/mol. The molecule has 1 heterocycles. The molecule has 0 aliphatic rings. The number of hydrogen-bond donors (Lipinski definition) is 2. The van der Waals surface area contributed by atoms with Crippen LogP contribution in [0.1, 0.15) is 0 Å². The van der Waals surface area contributed by atoms with Crippen LogP contribution in [0, 0.1) is 4.51 Å². The van der Waals surface area contributed by atoms with Crippen LogP contribution >= 0.6 is 12.2 Å². The van der Waals surface area contributed by atoms with Crippen molar-refractivity contribution in [1.82, 2.24) is 4.57 Å². The van der Waals surface area contributed by atoms with Crippen molar-refractivity contribution >= 4 is 12.2 Å². The second kappa shape index (κ2) is 4.35. The summed E-state index contributed by atoms with van der Waals surface area (Å²) >= 11 is 4.89. The summed E-state index contributed by atoms with van der Waals surface area (Å²) < 4.78 is 2.54. The predicted octanol–water partition coefficient (Wildman–Crippen LogP) is 0.571. The zero-order valence-electron chi connectivity index (χ0n) is 6.55. The van der Waals surface area contributed by atoms with Gasteiger partial charge in [-0.25, -0.2) is 0 Å². The topological polar surface area (TPSA) is 45.4 Å². The largest absolute Gasteiger partial charge is 0.394 e. The van der Waals surface area contributed by atoms with Crippen LogP contribution in [0.3, 0.4) is 0 Å². The average Bonchev–Trinajstić information content (AvgIpc) is 2.09. The molecule has 0 spiro atoms. The minimum atomic E-state index is -0.703. The summed E-state index contributed by atoms with van der Waals surface area (Å²) in [5, 5.41) is 17.7. The maximum Gasteiger partial charge on any atom is 0.0949 e. The third-order valence-electron chi connectivity index (χ3n) is 1.49. The molecule has 1 unspecified atom stereocenters. The average molecular weight is 185 g/mol. The molecule has 0 saturated carbocycles. The third-order valence-corrected chi connectivity index (χ3v) is 1.77. The number of aliphatic hydroxyl groups is 2. The fourth-order valence-corrected chi connectivity index (χ4v) is 0.988. The fraction of sp³-hybridized carbons (Fsp3) is 0.375. The van der Waals surface area contributed by atoms with Crippen LogP contribution in [0.15, 0.2) is 24.5 Å². The van der Waals surface area contributed by atoms with Crippen molar-refractivity contribution in [1.29, 1.82) is 0 Å². The Morgan fingerprint density at radius 3 is 2.50 bits per heavy atom. The monoisotopic (exact) mass is 185 g/mol. The van der Waals surface area contributed by atoms with Crippen molar-refractivity contribution in [2.75, 3.05) is 6.61 Å². The molecule has 4 heteroatoms. The van der Waals surface area contributed by atoms with Crippen molar-refractivity contribution in [2.45, 2.75) is 12.6 Å². The van der Waals surface area contributed by atoms with Crippen LogP contribution in [0.4, 0.5) is 0 Å². The van der Waals surface area contributed by atoms with Crippen molar-refractivity contribution in [2.24, 2.45) is 0 Å². The molecule has 0 aliphatic heterocycles. The molecule has 0 aromatic carbocycles. The van der Waals surface area contributed by atoms with E-state index in [2.05, 4.69) is 0 Å². The SMILES string of the molecule is OCC(O)Cn1ccc(=S)cc1. The van der Waals surface area contributed by atoms with E-state index < -0.39 is 6.10 Å².